The molecular weight excluding hydrogens is 210 g/mol. The van der Waals surface area contributed by atoms with Crippen LogP contribution in [0.2, 0.25) is 0 Å². The van der Waals surface area contributed by atoms with Crippen LogP contribution in [-0.2, 0) is 11.0 Å². The topological polar surface area (TPSA) is 37.3 Å². The number of aryl methyl sites for hydroxylation is 1. The smallest absolute Gasteiger partial charge is 0.161 e. The van der Waals surface area contributed by atoms with Gasteiger partial charge in [0.05, 0.1) is 0 Å². The summed E-state index contributed by atoms with van der Waals surface area (Å²) in [5.74, 6) is 0. The molecule has 14 heavy (non-hydrogen) atoms. The first-order valence-corrected chi connectivity index (χ1v) is 5.86. The van der Waals surface area contributed by atoms with Crippen molar-refractivity contribution in [3.05, 3.63) is 35.9 Å². The molecule has 76 valence electrons. The molecule has 1 rings (SSSR count). The van der Waals surface area contributed by atoms with Crippen LogP contribution in [0.15, 0.2) is 30.3 Å². The molecule has 0 aliphatic heterocycles. The molecule has 0 saturated heterocycles. The van der Waals surface area contributed by atoms with Crippen LogP contribution < -0.4 is 0 Å². The molecule has 1 aromatic carbocycles. The number of benzene rings is 1. The predicted molar refractivity (Wildman–Crippen MR) is 64.0 cm³/mol. The molecule has 2 nitrogen and oxygen atoms in total. The Balaban J connectivity index is 0.00000169. The Bertz CT molecular complexity index is 264. The van der Waals surface area contributed by atoms with Crippen molar-refractivity contribution in [1.29, 1.82) is 0 Å². The largest absolute Gasteiger partial charge is 0.505 e. The highest BCUT2D eigenvalue weighted by molar-refractivity contribution is 7.37. The summed E-state index contributed by atoms with van der Waals surface area (Å²) >= 11 is 0. The summed E-state index contributed by atoms with van der Waals surface area (Å²) in [6, 6.07) is 10.2. The van der Waals surface area contributed by atoms with Crippen molar-refractivity contribution in [1.82, 2.24) is 0 Å². The first-order chi connectivity index (χ1) is 6.29. The predicted octanol–water partition coefficient (Wildman–Crippen LogP) is 1.56. The molecule has 0 aliphatic carbocycles. The fraction of sp³-hybridized carbons (Fsp3) is 0.400. The molecule has 0 fully saturated rings. The van der Waals surface area contributed by atoms with Gasteiger partial charge in [-0.2, -0.15) is 4.89 Å². The Labute approximate surface area is 96.4 Å². The van der Waals surface area contributed by atoms with E-state index in [0.717, 1.165) is 19.3 Å². The number of unbranched alkanes of at least 4 members (excludes halogenated alkanes) is 1. The standard InChI is InChI=1S/C10H13O2P.Al.3H/c11-13(12)9-5-4-8-10-6-2-1-3-7-10;;;;/h1-3,6-7H,4-5,8-9H2;;;;/p+1. The molecule has 0 saturated carbocycles. The fourth-order valence-electron chi connectivity index (χ4n) is 1.22. The minimum absolute atomic E-state index is 0. The van der Waals surface area contributed by atoms with Gasteiger partial charge >= 0.3 is 8.03 Å². The van der Waals surface area contributed by atoms with E-state index in [0.29, 0.717) is 6.16 Å². The third-order valence-electron chi connectivity index (χ3n) is 1.91. The highest BCUT2D eigenvalue weighted by atomic mass is 31.1. The normalized spacial score (nSPS) is 10.5. The van der Waals surface area contributed by atoms with Crippen LogP contribution in [0.5, 0.6) is 0 Å². The van der Waals surface area contributed by atoms with Gasteiger partial charge in [-0.1, -0.05) is 30.3 Å². The van der Waals surface area contributed by atoms with E-state index in [-0.39, 0.29) is 17.4 Å². The first kappa shape index (κ1) is 13.8. The summed E-state index contributed by atoms with van der Waals surface area (Å²) in [6.07, 6.45) is 3.26. The molecule has 0 heterocycles. The van der Waals surface area contributed by atoms with Gasteiger partial charge in [0.25, 0.3) is 0 Å². The Morgan fingerprint density at radius 1 is 1.14 bits per heavy atom. The lowest BCUT2D eigenvalue weighted by molar-refractivity contribution is 0.500. The summed E-state index contributed by atoms with van der Waals surface area (Å²) in [5.41, 5.74) is 1.30. The Hall–Kier alpha value is -0.188. The third-order valence-corrected chi connectivity index (χ3v) is 2.61. The minimum Gasteiger partial charge on any atom is -0.161 e. The maximum atomic E-state index is 10.4. The third kappa shape index (κ3) is 6.29. The van der Waals surface area contributed by atoms with Crippen molar-refractivity contribution in [3.63, 3.8) is 0 Å². The van der Waals surface area contributed by atoms with Crippen molar-refractivity contribution in [3.8, 4) is 0 Å². The second-order valence-corrected chi connectivity index (χ2v) is 4.17. The fourth-order valence-corrected chi connectivity index (χ4v) is 1.71. The summed E-state index contributed by atoms with van der Waals surface area (Å²) in [4.78, 5) is 8.56. The highest BCUT2D eigenvalue weighted by Gasteiger charge is 2.07. The SMILES string of the molecule is O=[P+](O)CCCCc1ccccc1.[AlH3]. The maximum absolute atomic E-state index is 10.4. The van der Waals surface area contributed by atoms with E-state index in [4.69, 9.17) is 4.89 Å². The van der Waals surface area contributed by atoms with Gasteiger partial charge in [0.2, 0.25) is 0 Å². The van der Waals surface area contributed by atoms with Gasteiger partial charge in [-0.15, -0.1) is 0 Å². The van der Waals surface area contributed by atoms with E-state index in [1.807, 2.05) is 18.2 Å². The van der Waals surface area contributed by atoms with Gasteiger partial charge < -0.3 is 0 Å². The molecule has 0 spiro atoms. The van der Waals surface area contributed by atoms with Gasteiger partial charge in [-0.05, 0) is 29.4 Å². The van der Waals surface area contributed by atoms with Crippen LogP contribution in [-0.4, -0.2) is 28.4 Å². The van der Waals surface area contributed by atoms with Gasteiger partial charge in [0.15, 0.2) is 23.5 Å². The quantitative estimate of drug-likeness (QED) is 0.471. The summed E-state index contributed by atoms with van der Waals surface area (Å²) in [5, 5.41) is 0. The zero-order valence-corrected chi connectivity index (χ0v) is 8.41. The molecule has 0 aliphatic rings. The molecule has 0 amide bonds. The Morgan fingerprint density at radius 3 is 2.36 bits per heavy atom. The zero-order chi connectivity index (χ0) is 9.52. The van der Waals surface area contributed by atoms with Gasteiger partial charge in [-0.3, -0.25) is 0 Å². The zero-order valence-electron chi connectivity index (χ0n) is 7.52. The first-order valence-electron chi connectivity index (χ1n) is 4.46. The van der Waals surface area contributed by atoms with Gasteiger partial charge in [0.1, 0.15) is 0 Å². The van der Waals surface area contributed by atoms with E-state index in [9.17, 15) is 4.57 Å². The molecule has 0 radical (unpaired) electrons. The van der Waals surface area contributed by atoms with Crippen molar-refractivity contribution in [2.45, 2.75) is 19.3 Å². The van der Waals surface area contributed by atoms with E-state index in [2.05, 4.69) is 12.1 Å². The number of hydrogen-bond donors (Lipinski definition) is 1. The summed E-state index contributed by atoms with van der Waals surface area (Å²) in [6.45, 7) is 0. The molecule has 0 aromatic heterocycles. The lowest BCUT2D eigenvalue weighted by Crippen LogP contribution is -1.86. The summed E-state index contributed by atoms with van der Waals surface area (Å²) in [7, 11) is -1.93. The van der Waals surface area contributed by atoms with Crippen LogP contribution in [0.25, 0.3) is 0 Å². The Morgan fingerprint density at radius 2 is 1.79 bits per heavy atom. The molecule has 0 bridgehead atoms. The average molecular weight is 227 g/mol. The van der Waals surface area contributed by atoms with Gasteiger partial charge in [-0.25, -0.2) is 0 Å². The maximum Gasteiger partial charge on any atom is 0.505 e. The summed E-state index contributed by atoms with van der Waals surface area (Å²) < 4.78 is 10.4. The van der Waals surface area contributed by atoms with E-state index in [1.165, 1.54) is 5.56 Å². The highest BCUT2D eigenvalue weighted by Crippen LogP contribution is 2.16. The van der Waals surface area contributed by atoms with Crippen LogP contribution in [0.1, 0.15) is 18.4 Å². The molecule has 1 aromatic rings. The lowest BCUT2D eigenvalue weighted by atomic mass is 10.1. The number of rotatable bonds is 5. The lowest BCUT2D eigenvalue weighted by Gasteiger charge is -1.96. The second-order valence-electron chi connectivity index (χ2n) is 3.02. The monoisotopic (exact) mass is 227 g/mol. The van der Waals surface area contributed by atoms with Crippen molar-refractivity contribution in [2.24, 2.45) is 0 Å². The Kier molecular flexibility index (Phi) is 8.04. The van der Waals surface area contributed by atoms with E-state index in [1.54, 1.807) is 0 Å². The van der Waals surface area contributed by atoms with Crippen molar-refractivity contribution in [2.75, 3.05) is 6.16 Å². The van der Waals surface area contributed by atoms with E-state index < -0.39 is 8.03 Å². The second kappa shape index (κ2) is 8.15. The van der Waals surface area contributed by atoms with Crippen molar-refractivity contribution >= 4 is 25.4 Å². The van der Waals surface area contributed by atoms with E-state index >= 15 is 0 Å². The van der Waals surface area contributed by atoms with Crippen LogP contribution in [0, 0.1) is 0 Å². The molecular formula is C10H17AlO2P+. The van der Waals surface area contributed by atoms with Gasteiger partial charge in [0, 0.05) is 0 Å². The molecule has 1 N–H and O–H groups in total. The molecule has 4 heteroatoms. The van der Waals surface area contributed by atoms with Crippen LogP contribution in [0.4, 0.5) is 0 Å². The molecule has 1 unspecified atom stereocenters. The average Bonchev–Trinajstić information content (AvgIpc) is 2.14. The van der Waals surface area contributed by atoms with Crippen LogP contribution in [0.3, 0.4) is 0 Å². The number of hydrogen-bond acceptors (Lipinski definition) is 1. The minimum atomic E-state index is -1.93. The molecule has 1 atom stereocenters. The van der Waals surface area contributed by atoms with Crippen molar-refractivity contribution < 1.29 is 9.46 Å². The van der Waals surface area contributed by atoms with Crippen LogP contribution >= 0.6 is 8.03 Å².